The summed E-state index contributed by atoms with van der Waals surface area (Å²) in [5.41, 5.74) is 4.06. The molecule has 0 atom stereocenters. The lowest BCUT2D eigenvalue weighted by Gasteiger charge is -2.18. The molecule has 2 heterocycles. The quantitative estimate of drug-likeness (QED) is 0.530. The van der Waals surface area contributed by atoms with Crippen LogP contribution in [-0.2, 0) is 30.0 Å². The molecule has 0 unspecified atom stereocenters. The zero-order valence-electron chi connectivity index (χ0n) is 17.8. The Morgan fingerprint density at radius 1 is 1.21 bits per heavy atom. The van der Waals surface area contributed by atoms with E-state index in [2.05, 4.69) is 15.5 Å². The van der Waals surface area contributed by atoms with E-state index in [1.54, 1.807) is 12.1 Å². The second-order valence-electron chi connectivity index (χ2n) is 7.60. The summed E-state index contributed by atoms with van der Waals surface area (Å²) in [4.78, 5) is 12.2. The summed E-state index contributed by atoms with van der Waals surface area (Å²) in [7, 11) is -2.52. The monoisotopic (exact) mass is 508 g/mol. The van der Waals surface area contributed by atoms with E-state index in [4.69, 9.17) is 23.2 Å². The largest absolute Gasteiger partial charge is 0.334 e. The number of nitrogens with one attached hydrogen (secondary N) is 2. The molecule has 1 aromatic carbocycles. The zero-order valence-corrected chi connectivity index (χ0v) is 20.1. The Morgan fingerprint density at radius 3 is 2.76 bits per heavy atom. The minimum absolute atomic E-state index is 0.0994. The molecule has 1 aliphatic rings. The van der Waals surface area contributed by atoms with Gasteiger partial charge in [0.2, 0.25) is 0 Å². The first-order valence-corrected chi connectivity index (χ1v) is 12.4. The van der Waals surface area contributed by atoms with Gasteiger partial charge in [0, 0.05) is 23.6 Å². The summed E-state index contributed by atoms with van der Waals surface area (Å²) in [6.07, 6.45) is 7.79. The average molecular weight is 509 g/mol. The number of hydrogen-bond acceptors (Lipinski definition) is 5. The van der Waals surface area contributed by atoms with Crippen LogP contribution in [0.15, 0.2) is 47.8 Å². The van der Waals surface area contributed by atoms with Crippen molar-refractivity contribution in [2.24, 2.45) is 7.05 Å². The highest BCUT2D eigenvalue weighted by Gasteiger charge is 2.22. The van der Waals surface area contributed by atoms with Gasteiger partial charge in [0.15, 0.2) is 5.03 Å². The van der Waals surface area contributed by atoms with E-state index in [9.17, 15) is 13.2 Å². The summed E-state index contributed by atoms with van der Waals surface area (Å²) in [5, 5.41) is 12.0. The van der Waals surface area contributed by atoms with E-state index >= 15 is 0 Å². The first kappa shape index (κ1) is 23.3. The van der Waals surface area contributed by atoms with Crippen molar-refractivity contribution in [1.82, 2.24) is 29.6 Å². The van der Waals surface area contributed by atoms with Gasteiger partial charge in [0.05, 0.1) is 24.6 Å². The molecule has 0 saturated heterocycles. The number of rotatable bonds is 6. The first-order chi connectivity index (χ1) is 15.7. The molecule has 12 heteroatoms. The molecule has 0 saturated carbocycles. The molecular weight excluding hydrogens is 487 g/mol. The van der Waals surface area contributed by atoms with Crippen LogP contribution in [-0.4, -0.2) is 40.6 Å². The highest BCUT2D eigenvalue weighted by atomic mass is 35.5. The Hall–Kier alpha value is -2.82. The Labute approximate surface area is 201 Å². The van der Waals surface area contributed by atoms with Crippen LogP contribution in [0.25, 0.3) is 5.57 Å². The number of carbonyl (C=O) groups is 1. The SMILES string of the molecule is Cn1nccc1S(=O)(=O)NC(=O)NCC=C1CCCc2cnn(Cc3ccc(Cl)cc3Cl)c21. The molecule has 33 heavy (non-hydrogen) atoms. The van der Waals surface area contributed by atoms with Crippen LogP contribution in [0.2, 0.25) is 10.0 Å². The van der Waals surface area contributed by atoms with Crippen LogP contribution in [0.1, 0.15) is 29.7 Å². The van der Waals surface area contributed by atoms with Gasteiger partial charge in [-0.15, -0.1) is 0 Å². The molecule has 9 nitrogen and oxygen atoms in total. The van der Waals surface area contributed by atoms with Gasteiger partial charge in [0.1, 0.15) is 0 Å². The highest BCUT2D eigenvalue weighted by molar-refractivity contribution is 7.90. The molecule has 2 amide bonds. The lowest BCUT2D eigenvalue weighted by Crippen LogP contribution is -2.40. The number of aryl methyl sites for hydroxylation is 2. The number of hydrogen-bond donors (Lipinski definition) is 2. The Balaban J connectivity index is 1.46. The van der Waals surface area contributed by atoms with E-state index in [1.165, 1.54) is 24.0 Å². The maximum Gasteiger partial charge on any atom is 0.328 e. The second-order valence-corrected chi connectivity index (χ2v) is 10.1. The molecule has 0 spiro atoms. The number of amides is 2. The van der Waals surface area contributed by atoms with Crippen LogP contribution in [0, 0.1) is 0 Å². The second kappa shape index (κ2) is 9.58. The van der Waals surface area contributed by atoms with Crippen LogP contribution in [0.4, 0.5) is 4.79 Å². The molecule has 0 bridgehead atoms. The van der Waals surface area contributed by atoms with Crippen molar-refractivity contribution in [2.45, 2.75) is 30.8 Å². The number of benzene rings is 1. The molecule has 0 aliphatic heterocycles. The molecule has 0 radical (unpaired) electrons. The first-order valence-electron chi connectivity index (χ1n) is 10.2. The number of sulfonamides is 1. The van der Waals surface area contributed by atoms with Crippen LogP contribution in [0.5, 0.6) is 0 Å². The predicted molar refractivity (Wildman–Crippen MR) is 126 cm³/mol. The van der Waals surface area contributed by atoms with Crippen LogP contribution < -0.4 is 10.0 Å². The van der Waals surface area contributed by atoms with E-state index in [-0.39, 0.29) is 11.6 Å². The van der Waals surface area contributed by atoms with Crippen molar-refractivity contribution in [3.63, 3.8) is 0 Å². The number of urea groups is 1. The molecule has 2 N–H and O–H groups in total. The predicted octanol–water partition coefficient (Wildman–Crippen LogP) is 3.38. The Bertz CT molecular complexity index is 1330. The van der Waals surface area contributed by atoms with Gasteiger partial charge in [-0.1, -0.05) is 35.3 Å². The maximum atomic E-state index is 12.3. The van der Waals surface area contributed by atoms with Crippen LogP contribution >= 0.6 is 23.2 Å². The van der Waals surface area contributed by atoms with E-state index in [1.807, 2.05) is 27.7 Å². The molecular formula is C21H22Cl2N6O3S. The fourth-order valence-corrected chi connectivity index (χ4v) is 5.32. The number of carbonyl (C=O) groups excluding carboxylic acids is 1. The van der Waals surface area contributed by atoms with E-state index < -0.39 is 16.1 Å². The molecule has 3 aromatic rings. The molecule has 174 valence electrons. The third kappa shape index (κ3) is 5.23. The van der Waals surface area contributed by atoms with E-state index in [0.29, 0.717) is 16.6 Å². The van der Waals surface area contributed by atoms with Gasteiger partial charge in [-0.3, -0.25) is 9.36 Å². The van der Waals surface area contributed by atoms with Gasteiger partial charge in [0.25, 0.3) is 10.0 Å². The molecule has 0 fully saturated rings. The van der Waals surface area contributed by atoms with Crippen LogP contribution in [0.3, 0.4) is 0 Å². The standard InChI is InChI=1S/C21H22Cl2N6O3S/c1-28-19(8-10-25-28)33(31,32)27-21(30)24-9-7-14-3-2-4-15-12-26-29(20(14)15)13-16-5-6-17(22)11-18(16)23/h5-8,10-12H,2-4,9,13H2,1H3,(H2,24,27,30). The van der Waals surface area contributed by atoms with Crippen molar-refractivity contribution in [3.05, 3.63) is 69.6 Å². The summed E-state index contributed by atoms with van der Waals surface area (Å²) in [6.45, 7) is 0.647. The summed E-state index contributed by atoms with van der Waals surface area (Å²) >= 11 is 12.3. The number of aromatic nitrogens is 4. The van der Waals surface area contributed by atoms with Crippen molar-refractivity contribution in [3.8, 4) is 0 Å². The van der Waals surface area contributed by atoms with Crippen molar-refractivity contribution < 1.29 is 13.2 Å². The Morgan fingerprint density at radius 2 is 2.03 bits per heavy atom. The van der Waals surface area contributed by atoms with Crippen molar-refractivity contribution in [2.75, 3.05) is 6.54 Å². The van der Waals surface area contributed by atoms with Crippen molar-refractivity contribution in [1.29, 1.82) is 0 Å². The van der Waals surface area contributed by atoms with E-state index in [0.717, 1.165) is 41.7 Å². The molecule has 4 rings (SSSR count). The number of allylic oxidation sites excluding steroid dienone is 1. The molecule has 2 aromatic heterocycles. The fraction of sp³-hybridized carbons (Fsp3) is 0.286. The molecule has 1 aliphatic carbocycles. The van der Waals surface area contributed by atoms with Gasteiger partial charge < -0.3 is 5.32 Å². The minimum atomic E-state index is -4.01. The number of halogens is 2. The van der Waals surface area contributed by atoms with Gasteiger partial charge >= 0.3 is 6.03 Å². The van der Waals surface area contributed by atoms with Crippen molar-refractivity contribution >= 4 is 44.8 Å². The third-order valence-electron chi connectivity index (χ3n) is 5.34. The summed E-state index contributed by atoms with van der Waals surface area (Å²) in [6, 6.07) is 5.87. The summed E-state index contributed by atoms with van der Waals surface area (Å²) in [5.74, 6) is 0. The highest BCUT2D eigenvalue weighted by Crippen LogP contribution is 2.31. The maximum absolute atomic E-state index is 12.3. The lowest BCUT2D eigenvalue weighted by molar-refractivity contribution is 0.247. The Kier molecular flexibility index (Phi) is 6.78. The topological polar surface area (TPSA) is 111 Å². The number of nitrogens with zero attached hydrogens (tertiary/aromatic N) is 4. The fourth-order valence-electron chi connectivity index (χ4n) is 3.80. The minimum Gasteiger partial charge on any atom is -0.334 e. The van der Waals surface area contributed by atoms with Gasteiger partial charge in [-0.25, -0.2) is 9.52 Å². The normalized spacial score (nSPS) is 14.8. The smallest absolute Gasteiger partial charge is 0.328 e. The summed E-state index contributed by atoms with van der Waals surface area (Å²) < 4.78 is 29.7. The third-order valence-corrected chi connectivity index (χ3v) is 7.33. The van der Waals surface area contributed by atoms with Gasteiger partial charge in [-0.2, -0.15) is 18.6 Å². The average Bonchev–Trinajstić information content (AvgIpc) is 3.37. The lowest BCUT2D eigenvalue weighted by atomic mass is 9.92. The van der Waals surface area contributed by atoms with Gasteiger partial charge in [-0.05, 0) is 54.2 Å². The zero-order chi connectivity index (χ0) is 23.6. The number of fused-ring (bicyclic) bond motifs is 1.